The van der Waals surface area contributed by atoms with Gasteiger partial charge in [-0.3, -0.25) is 9.59 Å². The molecule has 7 nitrogen and oxygen atoms in total. The van der Waals surface area contributed by atoms with Crippen molar-refractivity contribution in [2.75, 3.05) is 25.5 Å². The molecule has 1 saturated carbocycles. The third-order valence-corrected chi connectivity index (χ3v) is 7.10. The van der Waals surface area contributed by atoms with Crippen molar-refractivity contribution in [1.29, 1.82) is 5.26 Å². The lowest BCUT2D eigenvalue weighted by Gasteiger charge is -2.40. The van der Waals surface area contributed by atoms with Crippen molar-refractivity contribution >= 4 is 23.2 Å². The van der Waals surface area contributed by atoms with Gasteiger partial charge in [0.25, 0.3) is 5.91 Å². The molecule has 1 fully saturated rings. The number of hydrogen-bond donors (Lipinski definition) is 2. The second-order valence-corrected chi connectivity index (χ2v) is 9.71. The molecule has 0 aliphatic heterocycles. The topological polar surface area (TPSA) is 92.2 Å². The van der Waals surface area contributed by atoms with Gasteiger partial charge in [-0.25, -0.2) is 0 Å². The van der Waals surface area contributed by atoms with Crippen LogP contribution < -0.4 is 15.6 Å². The van der Waals surface area contributed by atoms with E-state index < -0.39 is 0 Å². The van der Waals surface area contributed by atoms with E-state index in [9.17, 15) is 14.9 Å². The van der Waals surface area contributed by atoms with Gasteiger partial charge in [0, 0.05) is 53.2 Å². The summed E-state index contributed by atoms with van der Waals surface area (Å²) in [6.45, 7) is 6.57. The number of H-pyrrole nitrogens is 1. The van der Waals surface area contributed by atoms with E-state index in [1.54, 1.807) is 13.0 Å². The molecule has 0 radical (unpaired) electrons. The summed E-state index contributed by atoms with van der Waals surface area (Å²) in [6.07, 6.45) is 4.48. The van der Waals surface area contributed by atoms with Gasteiger partial charge < -0.3 is 20.1 Å². The highest BCUT2D eigenvalue weighted by atomic mass is 35.5. The monoisotopic (exact) mass is 483 g/mol. The van der Waals surface area contributed by atoms with Crippen LogP contribution in [0.5, 0.6) is 0 Å². The van der Waals surface area contributed by atoms with Gasteiger partial charge in [0.15, 0.2) is 5.43 Å². The number of carbonyl (C=O) groups excluding carboxylic acids is 1. The number of pyridine rings is 1. The SMILES string of the molecule is CCN(c1cc(Cl)cc(C(=O)NCc2c(C#N)[nH]c(C)cc2=O)c1C)[C@H]1CC[C@H](N(C)C)CC1. The third kappa shape index (κ3) is 5.63. The second-order valence-electron chi connectivity index (χ2n) is 9.27. The van der Waals surface area contributed by atoms with Crippen LogP contribution in [0.4, 0.5) is 5.69 Å². The molecule has 0 saturated heterocycles. The fraction of sp³-hybridized carbons (Fsp3) is 0.500. The number of anilines is 1. The van der Waals surface area contributed by atoms with Crippen LogP contribution in [0.2, 0.25) is 5.02 Å². The zero-order valence-electron chi connectivity index (χ0n) is 20.7. The van der Waals surface area contributed by atoms with Crippen molar-refractivity contribution in [3.05, 3.63) is 61.5 Å². The highest BCUT2D eigenvalue weighted by molar-refractivity contribution is 6.31. The van der Waals surface area contributed by atoms with Crippen molar-refractivity contribution in [2.45, 2.75) is 65.1 Å². The van der Waals surface area contributed by atoms with Crippen molar-refractivity contribution < 1.29 is 4.79 Å². The summed E-state index contributed by atoms with van der Waals surface area (Å²) < 4.78 is 0. The maximum Gasteiger partial charge on any atom is 0.251 e. The van der Waals surface area contributed by atoms with Crippen LogP contribution in [0, 0.1) is 25.2 Å². The Bertz CT molecular complexity index is 1140. The summed E-state index contributed by atoms with van der Waals surface area (Å²) >= 11 is 6.47. The van der Waals surface area contributed by atoms with Crippen LogP contribution in [0.1, 0.15) is 65.5 Å². The first kappa shape index (κ1) is 25.8. The van der Waals surface area contributed by atoms with Crippen LogP contribution in [-0.4, -0.2) is 48.5 Å². The van der Waals surface area contributed by atoms with Gasteiger partial charge in [-0.05, 0) is 78.2 Å². The summed E-state index contributed by atoms with van der Waals surface area (Å²) in [6, 6.07) is 8.04. The lowest BCUT2D eigenvalue weighted by atomic mass is 9.89. The van der Waals surface area contributed by atoms with E-state index in [1.165, 1.54) is 6.07 Å². The third-order valence-electron chi connectivity index (χ3n) is 6.88. The van der Waals surface area contributed by atoms with Crippen molar-refractivity contribution in [2.24, 2.45) is 0 Å². The van der Waals surface area contributed by atoms with Gasteiger partial charge in [0.1, 0.15) is 11.8 Å². The van der Waals surface area contributed by atoms with Gasteiger partial charge in [0.05, 0.1) is 5.56 Å². The maximum absolute atomic E-state index is 13.1. The number of aryl methyl sites for hydroxylation is 1. The molecule has 34 heavy (non-hydrogen) atoms. The summed E-state index contributed by atoms with van der Waals surface area (Å²) in [4.78, 5) is 33.0. The minimum absolute atomic E-state index is 0.0370. The number of amides is 1. The second kappa shape index (κ2) is 11.1. The smallest absolute Gasteiger partial charge is 0.251 e. The first-order chi connectivity index (χ1) is 16.2. The molecule has 8 heteroatoms. The number of aromatic nitrogens is 1. The minimum atomic E-state index is -0.322. The lowest BCUT2D eigenvalue weighted by Crippen LogP contribution is -2.42. The number of carbonyl (C=O) groups is 1. The number of benzene rings is 1. The molecular weight excluding hydrogens is 450 g/mol. The molecule has 182 valence electrons. The number of nitrogens with zero attached hydrogens (tertiary/aromatic N) is 3. The van der Waals surface area contributed by atoms with Crippen LogP contribution in [-0.2, 0) is 6.54 Å². The molecular formula is C26H34ClN5O2. The van der Waals surface area contributed by atoms with Gasteiger partial charge in [-0.15, -0.1) is 0 Å². The van der Waals surface area contributed by atoms with E-state index in [1.807, 2.05) is 19.1 Å². The Balaban J connectivity index is 1.83. The number of hydrogen-bond acceptors (Lipinski definition) is 5. The average Bonchev–Trinajstić information content (AvgIpc) is 2.80. The molecule has 1 aromatic carbocycles. The van der Waals surface area contributed by atoms with E-state index >= 15 is 0 Å². The van der Waals surface area contributed by atoms with E-state index in [4.69, 9.17) is 11.6 Å². The number of halogens is 1. The molecule has 0 atom stereocenters. The highest BCUT2D eigenvalue weighted by Crippen LogP contribution is 2.34. The number of aromatic amines is 1. The summed E-state index contributed by atoms with van der Waals surface area (Å²) in [5, 5.41) is 12.7. The van der Waals surface area contributed by atoms with Crippen molar-refractivity contribution in [1.82, 2.24) is 15.2 Å². The fourth-order valence-electron chi connectivity index (χ4n) is 4.96. The fourth-order valence-corrected chi connectivity index (χ4v) is 5.17. The lowest BCUT2D eigenvalue weighted by molar-refractivity contribution is 0.0950. The number of nitriles is 1. The molecule has 0 spiro atoms. The van der Waals surface area contributed by atoms with E-state index in [0.717, 1.165) is 43.5 Å². The Hall–Kier alpha value is -2.82. The molecule has 3 rings (SSSR count). The van der Waals surface area contributed by atoms with Crippen LogP contribution in [0.3, 0.4) is 0 Å². The molecule has 1 aliphatic rings. The number of rotatable bonds is 7. The molecule has 2 N–H and O–H groups in total. The molecule has 0 bridgehead atoms. The van der Waals surface area contributed by atoms with Crippen molar-refractivity contribution in [3.8, 4) is 6.07 Å². The predicted molar refractivity (Wildman–Crippen MR) is 137 cm³/mol. The maximum atomic E-state index is 13.1. The Morgan fingerprint density at radius 1 is 1.18 bits per heavy atom. The molecule has 1 amide bonds. The highest BCUT2D eigenvalue weighted by Gasteiger charge is 2.28. The quantitative estimate of drug-likeness (QED) is 0.617. The first-order valence-electron chi connectivity index (χ1n) is 11.8. The standard InChI is InChI=1S/C26H34ClN5O2/c1-6-32(20-9-7-19(8-10-20)31(4)5)24-13-18(27)12-21(17(24)3)26(34)29-15-22-23(14-28)30-16(2)11-25(22)33/h11-13,19-20H,6-10,15H2,1-5H3,(H,29,34)(H,30,33)/t19-,20-. The van der Waals surface area contributed by atoms with Crippen LogP contribution in [0.15, 0.2) is 23.0 Å². The van der Waals surface area contributed by atoms with E-state index in [-0.39, 0.29) is 29.1 Å². The van der Waals surface area contributed by atoms with Gasteiger partial charge in [-0.2, -0.15) is 5.26 Å². The Morgan fingerprint density at radius 3 is 2.41 bits per heavy atom. The molecule has 0 unspecified atom stereocenters. The normalized spacial score (nSPS) is 17.9. The van der Waals surface area contributed by atoms with Crippen molar-refractivity contribution in [3.63, 3.8) is 0 Å². The van der Waals surface area contributed by atoms with Gasteiger partial charge in [-0.1, -0.05) is 11.6 Å². The Morgan fingerprint density at radius 2 is 1.82 bits per heavy atom. The Kier molecular flexibility index (Phi) is 8.40. The summed E-state index contributed by atoms with van der Waals surface area (Å²) in [5.74, 6) is -0.322. The first-order valence-corrected chi connectivity index (χ1v) is 12.2. The molecule has 2 aromatic rings. The van der Waals surface area contributed by atoms with E-state index in [0.29, 0.717) is 28.4 Å². The molecule has 1 heterocycles. The van der Waals surface area contributed by atoms with Crippen LogP contribution in [0.25, 0.3) is 0 Å². The van der Waals surface area contributed by atoms with E-state index in [2.05, 4.69) is 41.1 Å². The minimum Gasteiger partial charge on any atom is -0.369 e. The zero-order valence-corrected chi connectivity index (χ0v) is 21.4. The zero-order chi connectivity index (χ0) is 25.0. The largest absolute Gasteiger partial charge is 0.369 e. The average molecular weight is 484 g/mol. The number of nitrogens with one attached hydrogen (secondary N) is 2. The van der Waals surface area contributed by atoms with Gasteiger partial charge >= 0.3 is 0 Å². The molecule has 1 aromatic heterocycles. The predicted octanol–water partition coefficient (Wildman–Crippen LogP) is 4.15. The van der Waals surface area contributed by atoms with Gasteiger partial charge in [0.2, 0.25) is 0 Å². The Labute approximate surface area is 206 Å². The summed E-state index contributed by atoms with van der Waals surface area (Å²) in [7, 11) is 4.28. The van der Waals surface area contributed by atoms with Crippen LogP contribution >= 0.6 is 11.6 Å². The summed E-state index contributed by atoms with van der Waals surface area (Å²) in [5.41, 5.74) is 3.04. The molecule has 1 aliphatic carbocycles.